The van der Waals surface area contributed by atoms with E-state index in [0.717, 1.165) is 30.5 Å². The van der Waals surface area contributed by atoms with Gasteiger partial charge in [-0.15, -0.1) is 0 Å². The van der Waals surface area contributed by atoms with E-state index in [2.05, 4.69) is 51.0 Å². The van der Waals surface area contributed by atoms with Crippen LogP contribution in [0, 0.1) is 11.8 Å². The molecule has 2 amide bonds. The number of nitrogens with zero attached hydrogens (tertiary/aromatic N) is 5. The fraction of sp³-hybridized carbons (Fsp3) is 0.690. The van der Waals surface area contributed by atoms with Crippen molar-refractivity contribution in [2.75, 3.05) is 45.9 Å². The quantitative estimate of drug-likeness (QED) is 0.564. The third-order valence-corrected chi connectivity index (χ3v) is 7.61. The number of para-hydroxylation sites is 2. The number of ether oxygens (including phenoxy) is 1. The van der Waals surface area contributed by atoms with Crippen molar-refractivity contribution in [3.63, 3.8) is 0 Å². The summed E-state index contributed by atoms with van der Waals surface area (Å²) >= 11 is 0. The lowest BCUT2D eigenvalue weighted by atomic mass is 9.88. The second kappa shape index (κ2) is 11.5. The fourth-order valence-electron chi connectivity index (χ4n) is 5.68. The minimum Gasteiger partial charge on any atom is -0.378 e. The van der Waals surface area contributed by atoms with E-state index in [9.17, 15) is 9.59 Å². The van der Waals surface area contributed by atoms with Crippen LogP contribution in [-0.4, -0.2) is 93.6 Å². The molecule has 204 valence electrons. The second-order valence-electron chi connectivity index (χ2n) is 12.0. The number of hydrogen-bond acceptors (Lipinski definition) is 5. The molecule has 0 bridgehead atoms. The highest BCUT2D eigenvalue weighted by molar-refractivity contribution is 5.95. The SMILES string of the molecule is CCCn1c(C(=O)N(CC(C)C)[C@H]2C[C@@H](C(=O)N3CCOCC3)CN(C(C)(C)C)C2)nc2ccccc21. The highest BCUT2D eigenvalue weighted by Gasteiger charge is 2.42. The minimum atomic E-state index is -0.145. The zero-order valence-electron chi connectivity index (χ0n) is 23.6. The van der Waals surface area contributed by atoms with Crippen LogP contribution < -0.4 is 0 Å². The van der Waals surface area contributed by atoms with E-state index >= 15 is 0 Å². The van der Waals surface area contributed by atoms with E-state index in [1.54, 1.807) is 0 Å². The van der Waals surface area contributed by atoms with Gasteiger partial charge in [0.15, 0.2) is 5.82 Å². The van der Waals surface area contributed by atoms with Gasteiger partial charge in [0.1, 0.15) is 0 Å². The molecule has 4 rings (SSSR count). The van der Waals surface area contributed by atoms with Crippen molar-refractivity contribution < 1.29 is 14.3 Å². The molecule has 0 N–H and O–H groups in total. The number of aromatic nitrogens is 2. The van der Waals surface area contributed by atoms with Crippen molar-refractivity contribution in [1.82, 2.24) is 24.3 Å². The number of rotatable bonds is 7. The smallest absolute Gasteiger partial charge is 0.290 e. The Labute approximate surface area is 221 Å². The lowest BCUT2D eigenvalue weighted by Gasteiger charge is -2.48. The largest absolute Gasteiger partial charge is 0.378 e. The number of imidazole rings is 1. The van der Waals surface area contributed by atoms with Gasteiger partial charge in [-0.05, 0) is 51.7 Å². The highest BCUT2D eigenvalue weighted by atomic mass is 16.5. The third-order valence-electron chi connectivity index (χ3n) is 7.61. The normalized spacial score (nSPS) is 21.5. The van der Waals surface area contributed by atoms with Gasteiger partial charge in [-0.25, -0.2) is 4.98 Å². The summed E-state index contributed by atoms with van der Waals surface area (Å²) in [4.78, 5) is 39.1. The van der Waals surface area contributed by atoms with Gasteiger partial charge in [0, 0.05) is 50.8 Å². The molecule has 0 radical (unpaired) electrons. The molecule has 2 aliphatic heterocycles. The average molecular weight is 512 g/mol. The number of aryl methyl sites for hydroxylation is 1. The van der Waals surface area contributed by atoms with Crippen LogP contribution in [0.3, 0.4) is 0 Å². The Morgan fingerprint density at radius 3 is 2.49 bits per heavy atom. The van der Waals surface area contributed by atoms with E-state index in [0.29, 0.717) is 57.6 Å². The maximum atomic E-state index is 14.3. The van der Waals surface area contributed by atoms with Crippen molar-refractivity contribution in [2.24, 2.45) is 11.8 Å². The first kappa shape index (κ1) is 27.6. The Bertz CT molecular complexity index is 1080. The summed E-state index contributed by atoms with van der Waals surface area (Å²) in [5.41, 5.74) is 1.74. The summed E-state index contributed by atoms with van der Waals surface area (Å²) in [6.07, 6.45) is 1.59. The lowest BCUT2D eigenvalue weighted by molar-refractivity contribution is -0.143. The molecule has 3 heterocycles. The molecule has 0 spiro atoms. The molecule has 2 fully saturated rings. The maximum Gasteiger partial charge on any atom is 0.290 e. The molecule has 8 nitrogen and oxygen atoms in total. The van der Waals surface area contributed by atoms with Crippen LogP contribution in [0.4, 0.5) is 0 Å². The number of benzene rings is 1. The number of hydrogen-bond donors (Lipinski definition) is 0. The molecule has 37 heavy (non-hydrogen) atoms. The molecule has 1 aromatic heterocycles. The number of morpholine rings is 1. The van der Waals surface area contributed by atoms with E-state index in [-0.39, 0.29) is 29.3 Å². The molecule has 1 aromatic carbocycles. The van der Waals surface area contributed by atoms with Crippen LogP contribution in [0.2, 0.25) is 0 Å². The second-order valence-corrected chi connectivity index (χ2v) is 12.0. The Kier molecular flexibility index (Phi) is 8.59. The van der Waals surface area contributed by atoms with Crippen molar-refractivity contribution >= 4 is 22.8 Å². The molecule has 2 saturated heterocycles. The minimum absolute atomic E-state index is 0.0309. The summed E-state index contributed by atoms with van der Waals surface area (Å²) in [6, 6.07) is 7.92. The van der Waals surface area contributed by atoms with Crippen LogP contribution in [0.25, 0.3) is 11.0 Å². The Morgan fingerprint density at radius 1 is 1.14 bits per heavy atom. The molecule has 0 aliphatic carbocycles. The third kappa shape index (κ3) is 6.17. The average Bonchev–Trinajstić information content (AvgIpc) is 3.25. The molecular weight excluding hydrogens is 466 g/mol. The van der Waals surface area contributed by atoms with Crippen LogP contribution in [0.5, 0.6) is 0 Å². The highest BCUT2D eigenvalue weighted by Crippen LogP contribution is 2.30. The molecule has 2 atom stereocenters. The van der Waals surface area contributed by atoms with E-state index in [4.69, 9.17) is 9.72 Å². The van der Waals surface area contributed by atoms with Crippen molar-refractivity contribution in [3.05, 3.63) is 30.1 Å². The predicted molar refractivity (Wildman–Crippen MR) is 147 cm³/mol. The van der Waals surface area contributed by atoms with Gasteiger partial charge in [-0.2, -0.15) is 0 Å². The van der Waals surface area contributed by atoms with Gasteiger partial charge in [0.05, 0.1) is 30.2 Å². The molecule has 2 aromatic rings. The van der Waals surface area contributed by atoms with E-state index in [1.165, 1.54) is 0 Å². The van der Waals surface area contributed by atoms with Crippen LogP contribution in [0.15, 0.2) is 24.3 Å². The van der Waals surface area contributed by atoms with Gasteiger partial charge in [0.2, 0.25) is 5.91 Å². The van der Waals surface area contributed by atoms with Crippen LogP contribution in [0.1, 0.15) is 65.0 Å². The summed E-state index contributed by atoms with van der Waals surface area (Å²) in [5.74, 6) is 0.820. The first-order chi connectivity index (χ1) is 17.6. The van der Waals surface area contributed by atoms with E-state index < -0.39 is 0 Å². The molecule has 8 heteroatoms. The van der Waals surface area contributed by atoms with Gasteiger partial charge < -0.3 is 19.1 Å². The number of piperidine rings is 1. The number of likely N-dealkylation sites (tertiary alicyclic amines) is 1. The predicted octanol–water partition coefficient (Wildman–Crippen LogP) is 3.89. The van der Waals surface area contributed by atoms with Gasteiger partial charge in [-0.3, -0.25) is 14.5 Å². The Morgan fingerprint density at radius 2 is 1.84 bits per heavy atom. The molecule has 2 aliphatic rings. The number of carbonyl (C=O) groups excluding carboxylic acids is 2. The van der Waals surface area contributed by atoms with Gasteiger partial charge in [-0.1, -0.05) is 32.9 Å². The number of amides is 2. The zero-order chi connectivity index (χ0) is 26.7. The van der Waals surface area contributed by atoms with Gasteiger partial charge in [0.25, 0.3) is 5.91 Å². The van der Waals surface area contributed by atoms with E-state index in [1.807, 2.05) is 34.1 Å². The van der Waals surface area contributed by atoms with Crippen LogP contribution in [-0.2, 0) is 16.1 Å². The zero-order valence-corrected chi connectivity index (χ0v) is 23.6. The summed E-state index contributed by atoms with van der Waals surface area (Å²) < 4.78 is 7.56. The number of fused-ring (bicyclic) bond motifs is 1. The van der Waals surface area contributed by atoms with Crippen LogP contribution >= 0.6 is 0 Å². The summed E-state index contributed by atoms with van der Waals surface area (Å²) in [7, 11) is 0. The molecule has 0 saturated carbocycles. The molecular formula is C29H45N5O3. The monoisotopic (exact) mass is 511 g/mol. The van der Waals surface area contributed by atoms with Crippen molar-refractivity contribution in [3.8, 4) is 0 Å². The maximum absolute atomic E-state index is 14.3. The fourth-order valence-corrected chi connectivity index (χ4v) is 5.68. The first-order valence-corrected chi connectivity index (χ1v) is 14.0. The topological polar surface area (TPSA) is 70.9 Å². The number of carbonyl (C=O) groups is 2. The summed E-state index contributed by atoms with van der Waals surface area (Å²) in [5, 5.41) is 0. The Hall–Kier alpha value is -2.45. The summed E-state index contributed by atoms with van der Waals surface area (Å²) in [6.45, 7) is 18.3. The Balaban J connectivity index is 1.68. The lowest BCUT2D eigenvalue weighted by Crippen LogP contribution is -2.60. The van der Waals surface area contributed by atoms with Gasteiger partial charge >= 0.3 is 0 Å². The first-order valence-electron chi connectivity index (χ1n) is 14.0. The standard InChI is InChI=1S/C29H45N5O3/c1-7-12-33-25-11-9-8-10-24(25)30-26(33)28(36)34(18-21(2)3)23-17-22(19-32(20-23)29(4,5)6)27(35)31-13-15-37-16-14-31/h8-11,21-23H,7,12-20H2,1-6H3/t22-,23+/m1/s1. The van der Waals surface area contributed by atoms with Crippen molar-refractivity contribution in [1.29, 1.82) is 0 Å². The molecule has 0 unspecified atom stereocenters. The van der Waals surface area contributed by atoms with Crippen molar-refractivity contribution in [2.45, 2.75) is 72.5 Å².